The number of benzene rings is 1. The standard InChI is InChI=1S/C12H15N3O/c13-6-1-7-15-9-12(16)11-4-2-10(8-14)3-5-11/h2-5,15H,1,6-7,9,13H2. The highest BCUT2D eigenvalue weighted by Gasteiger charge is 2.04. The Kier molecular flexibility index (Phi) is 5.20. The van der Waals surface area contributed by atoms with Gasteiger partial charge in [0.25, 0.3) is 0 Å². The Balaban J connectivity index is 2.44. The lowest BCUT2D eigenvalue weighted by molar-refractivity contribution is 0.0991. The number of carbonyl (C=O) groups excluding carboxylic acids is 1. The zero-order valence-electron chi connectivity index (χ0n) is 9.07. The average molecular weight is 217 g/mol. The highest BCUT2D eigenvalue weighted by atomic mass is 16.1. The lowest BCUT2D eigenvalue weighted by Crippen LogP contribution is -2.25. The van der Waals surface area contributed by atoms with E-state index in [2.05, 4.69) is 5.32 Å². The van der Waals surface area contributed by atoms with E-state index in [1.54, 1.807) is 24.3 Å². The van der Waals surface area contributed by atoms with Gasteiger partial charge in [0.1, 0.15) is 0 Å². The summed E-state index contributed by atoms with van der Waals surface area (Å²) in [4.78, 5) is 11.6. The Hall–Kier alpha value is -1.70. The van der Waals surface area contributed by atoms with E-state index < -0.39 is 0 Å². The topological polar surface area (TPSA) is 78.9 Å². The third-order valence-corrected chi connectivity index (χ3v) is 2.18. The maximum absolute atomic E-state index is 11.6. The van der Waals surface area contributed by atoms with Crippen LogP contribution in [0.4, 0.5) is 0 Å². The van der Waals surface area contributed by atoms with Crippen molar-refractivity contribution in [3.63, 3.8) is 0 Å². The molecule has 0 aromatic heterocycles. The lowest BCUT2D eigenvalue weighted by Gasteiger charge is -2.03. The Morgan fingerprint density at radius 2 is 2.06 bits per heavy atom. The minimum Gasteiger partial charge on any atom is -0.330 e. The summed E-state index contributed by atoms with van der Waals surface area (Å²) in [7, 11) is 0. The monoisotopic (exact) mass is 217 g/mol. The van der Waals surface area contributed by atoms with Gasteiger partial charge in [0.05, 0.1) is 18.2 Å². The van der Waals surface area contributed by atoms with Crippen molar-refractivity contribution in [3.05, 3.63) is 35.4 Å². The highest BCUT2D eigenvalue weighted by molar-refractivity contribution is 5.97. The Labute approximate surface area is 95.1 Å². The van der Waals surface area contributed by atoms with Crippen molar-refractivity contribution in [2.45, 2.75) is 6.42 Å². The first kappa shape index (κ1) is 12.4. The first-order valence-electron chi connectivity index (χ1n) is 5.22. The van der Waals surface area contributed by atoms with Gasteiger partial charge in [0, 0.05) is 5.56 Å². The van der Waals surface area contributed by atoms with Crippen LogP contribution in [0.1, 0.15) is 22.3 Å². The van der Waals surface area contributed by atoms with Gasteiger partial charge in [-0.05, 0) is 31.6 Å². The van der Waals surface area contributed by atoms with E-state index in [4.69, 9.17) is 11.0 Å². The second kappa shape index (κ2) is 6.72. The van der Waals surface area contributed by atoms with Crippen LogP contribution in [0.5, 0.6) is 0 Å². The van der Waals surface area contributed by atoms with E-state index in [0.717, 1.165) is 13.0 Å². The van der Waals surface area contributed by atoms with Gasteiger partial charge in [-0.25, -0.2) is 0 Å². The number of ketones is 1. The van der Waals surface area contributed by atoms with Gasteiger partial charge in [-0.3, -0.25) is 4.79 Å². The molecule has 3 N–H and O–H groups in total. The Morgan fingerprint density at radius 1 is 1.38 bits per heavy atom. The number of nitrogens with zero attached hydrogens (tertiary/aromatic N) is 1. The fraction of sp³-hybridized carbons (Fsp3) is 0.333. The van der Waals surface area contributed by atoms with E-state index in [1.807, 2.05) is 6.07 Å². The molecule has 16 heavy (non-hydrogen) atoms. The lowest BCUT2D eigenvalue weighted by atomic mass is 10.1. The third kappa shape index (κ3) is 3.81. The summed E-state index contributed by atoms with van der Waals surface area (Å²) in [6.07, 6.45) is 0.862. The van der Waals surface area contributed by atoms with Crippen molar-refractivity contribution in [1.29, 1.82) is 5.26 Å². The largest absolute Gasteiger partial charge is 0.330 e. The third-order valence-electron chi connectivity index (χ3n) is 2.18. The van der Waals surface area contributed by atoms with Crippen LogP contribution >= 0.6 is 0 Å². The molecule has 0 unspecified atom stereocenters. The van der Waals surface area contributed by atoms with Crippen molar-refractivity contribution in [2.75, 3.05) is 19.6 Å². The normalized spacial score (nSPS) is 9.75. The summed E-state index contributed by atoms with van der Waals surface area (Å²) in [5, 5.41) is 11.6. The van der Waals surface area contributed by atoms with Gasteiger partial charge in [0.2, 0.25) is 0 Å². The SMILES string of the molecule is N#Cc1ccc(C(=O)CNCCCN)cc1. The smallest absolute Gasteiger partial charge is 0.176 e. The number of hydrogen-bond donors (Lipinski definition) is 2. The summed E-state index contributed by atoms with van der Waals surface area (Å²) in [5.41, 5.74) is 6.52. The van der Waals surface area contributed by atoms with Crippen LogP contribution in [0.2, 0.25) is 0 Å². The van der Waals surface area contributed by atoms with Gasteiger partial charge >= 0.3 is 0 Å². The average Bonchev–Trinajstić information content (AvgIpc) is 2.34. The molecule has 0 fully saturated rings. The molecule has 4 nitrogen and oxygen atoms in total. The number of nitriles is 1. The summed E-state index contributed by atoms with van der Waals surface area (Å²) >= 11 is 0. The van der Waals surface area contributed by atoms with E-state index in [-0.39, 0.29) is 5.78 Å². The van der Waals surface area contributed by atoms with E-state index in [9.17, 15) is 4.79 Å². The minimum absolute atomic E-state index is 0.0292. The molecule has 1 rings (SSSR count). The number of nitrogens with one attached hydrogen (secondary N) is 1. The van der Waals surface area contributed by atoms with Crippen LogP contribution in [0.25, 0.3) is 0 Å². The van der Waals surface area contributed by atoms with E-state index in [1.165, 1.54) is 0 Å². The van der Waals surface area contributed by atoms with Crippen LogP contribution < -0.4 is 11.1 Å². The Morgan fingerprint density at radius 3 is 2.62 bits per heavy atom. The summed E-state index contributed by atoms with van der Waals surface area (Å²) in [6.45, 7) is 1.68. The number of hydrogen-bond acceptors (Lipinski definition) is 4. The first-order valence-corrected chi connectivity index (χ1v) is 5.22. The molecule has 0 radical (unpaired) electrons. The van der Waals surface area contributed by atoms with Gasteiger partial charge in [-0.15, -0.1) is 0 Å². The fourth-order valence-electron chi connectivity index (χ4n) is 1.26. The molecule has 0 bridgehead atoms. The van der Waals surface area contributed by atoms with Crippen LogP contribution in [-0.4, -0.2) is 25.4 Å². The predicted octanol–water partition coefficient (Wildman–Crippen LogP) is 0.679. The maximum atomic E-state index is 11.6. The molecule has 0 atom stereocenters. The molecule has 0 saturated heterocycles. The number of rotatable bonds is 6. The summed E-state index contributed by atoms with van der Waals surface area (Å²) < 4.78 is 0. The van der Waals surface area contributed by atoms with Crippen molar-refractivity contribution in [1.82, 2.24) is 5.32 Å². The molecular weight excluding hydrogens is 202 g/mol. The van der Waals surface area contributed by atoms with Crippen LogP contribution in [-0.2, 0) is 0 Å². The first-order chi connectivity index (χ1) is 7.77. The van der Waals surface area contributed by atoms with E-state index in [0.29, 0.717) is 24.2 Å². The molecule has 1 aromatic rings. The van der Waals surface area contributed by atoms with Gasteiger partial charge < -0.3 is 11.1 Å². The minimum atomic E-state index is 0.0292. The molecule has 0 aliphatic rings. The predicted molar refractivity (Wildman–Crippen MR) is 62.0 cm³/mol. The molecule has 1 aromatic carbocycles. The maximum Gasteiger partial charge on any atom is 0.176 e. The zero-order valence-corrected chi connectivity index (χ0v) is 9.07. The number of nitrogens with two attached hydrogens (primary N) is 1. The molecule has 0 saturated carbocycles. The molecule has 0 heterocycles. The quantitative estimate of drug-likeness (QED) is 0.542. The number of carbonyl (C=O) groups is 1. The van der Waals surface area contributed by atoms with Crippen molar-refractivity contribution >= 4 is 5.78 Å². The summed E-state index contributed by atoms with van der Waals surface area (Å²) in [6, 6.07) is 8.65. The zero-order chi connectivity index (χ0) is 11.8. The van der Waals surface area contributed by atoms with Crippen molar-refractivity contribution < 1.29 is 4.79 Å². The van der Waals surface area contributed by atoms with Gasteiger partial charge in [-0.2, -0.15) is 5.26 Å². The van der Waals surface area contributed by atoms with Gasteiger partial charge in [-0.1, -0.05) is 12.1 Å². The van der Waals surface area contributed by atoms with Gasteiger partial charge in [0.15, 0.2) is 5.78 Å². The van der Waals surface area contributed by atoms with E-state index >= 15 is 0 Å². The fourth-order valence-corrected chi connectivity index (χ4v) is 1.26. The molecule has 84 valence electrons. The molecule has 0 aliphatic heterocycles. The molecule has 0 amide bonds. The second-order valence-corrected chi connectivity index (χ2v) is 3.43. The molecule has 0 spiro atoms. The van der Waals surface area contributed by atoms with Crippen LogP contribution in [0.15, 0.2) is 24.3 Å². The molecule has 4 heteroatoms. The van der Waals surface area contributed by atoms with Crippen LogP contribution in [0, 0.1) is 11.3 Å². The second-order valence-electron chi connectivity index (χ2n) is 3.43. The molecular formula is C12H15N3O. The van der Waals surface area contributed by atoms with Crippen molar-refractivity contribution in [2.24, 2.45) is 5.73 Å². The molecule has 0 aliphatic carbocycles. The Bertz CT molecular complexity index is 378. The van der Waals surface area contributed by atoms with Crippen molar-refractivity contribution in [3.8, 4) is 6.07 Å². The summed E-state index contributed by atoms with van der Waals surface area (Å²) in [5.74, 6) is 0.0292. The highest BCUT2D eigenvalue weighted by Crippen LogP contribution is 2.03. The van der Waals surface area contributed by atoms with Crippen LogP contribution in [0.3, 0.4) is 0 Å². The number of Topliss-reactive ketones (excluding diaryl/α,β-unsaturated/α-hetero) is 1.